The summed E-state index contributed by atoms with van der Waals surface area (Å²) in [6, 6.07) is 8.69. The third-order valence-corrected chi connectivity index (χ3v) is 6.38. The van der Waals surface area contributed by atoms with Crippen molar-refractivity contribution >= 4 is 40.0 Å². The average Bonchev–Trinajstić information content (AvgIpc) is 2.65. The largest absolute Gasteiger partial charge is 0.357 e. The van der Waals surface area contributed by atoms with Gasteiger partial charge in [-0.2, -0.15) is 4.31 Å². The highest BCUT2D eigenvalue weighted by molar-refractivity contribution is 14.0. The number of sulfonamides is 1. The normalized spacial score (nSPS) is 16.8. The number of hydrogen-bond acceptors (Lipinski definition) is 3. The molecule has 1 saturated heterocycles. The van der Waals surface area contributed by atoms with E-state index in [0.29, 0.717) is 29.8 Å². The molecule has 0 atom stereocenters. The fourth-order valence-corrected chi connectivity index (χ4v) is 4.44. The van der Waals surface area contributed by atoms with Crippen LogP contribution >= 0.6 is 24.0 Å². The van der Waals surface area contributed by atoms with Crippen LogP contribution in [0.3, 0.4) is 0 Å². The van der Waals surface area contributed by atoms with Crippen molar-refractivity contribution in [2.75, 3.05) is 32.7 Å². The number of rotatable bonds is 7. The Morgan fingerprint density at radius 2 is 1.81 bits per heavy atom. The highest BCUT2D eigenvalue weighted by Crippen LogP contribution is 2.23. The number of aliphatic imine (C=N–C) groups is 1. The Bertz CT molecular complexity index is 672. The molecule has 0 saturated carbocycles. The molecule has 1 aromatic rings. The summed E-state index contributed by atoms with van der Waals surface area (Å²) in [6.07, 6.45) is 1.73. The van der Waals surface area contributed by atoms with E-state index in [-0.39, 0.29) is 24.0 Å². The second-order valence-corrected chi connectivity index (χ2v) is 9.09. The van der Waals surface area contributed by atoms with Crippen LogP contribution in [-0.4, -0.2) is 51.4 Å². The molecule has 1 aliphatic rings. The molecule has 0 amide bonds. The quantitative estimate of drug-likeness (QED) is 0.338. The fraction of sp³-hybridized carbons (Fsp3) is 0.632. The van der Waals surface area contributed by atoms with Crippen molar-refractivity contribution in [1.29, 1.82) is 0 Å². The zero-order chi connectivity index (χ0) is 19.0. The van der Waals surface area contributed by atoms with Crippen LogP contribution in [-0.2, 0) is 10.0 Å². The summed E-state index contributed by atoms with van der Waals surface area (Å²) in [5.74, 6) is 1.83. The van der Waals surface area contributed by atoms with E-state index in [1.54, 1.807) is 28.6 Å². The molecule has 8 heteroatoms. The number of benzene rings is 1. The summed E-state index contributed by atoms with van der Waals surface area (Å²) in [7, 11) is -3.37. The Morgan fingerprint density at radius 1 is 1.19 bits per heavy atom. The summed E-state index contributed by atoms with van der Waals surface area (Å²) in [6.45, 7) is 9.95. The van der Waals surface area contributed by atoms with Crippen LogP contribution in [0.4, 0.5) is 0 Å². The minimum atomic E-state index is -3.37. The van der Waals surface area contributed by atoms with Gasteiger partial charge in [0.2, 0.25) is 10.0 Å². The number of hydrogen-bond donors (Lipinski definition) is 2. The molecule has 2 rings (SSSR count). The summed E-state index contributed by atoms with van der Waals surface area (Å²) in [5.41, 5.74) is 0. The van der Waals surface area contributed by atoms with Gasteiger partial charge in [0.05, 0.1) is 4.90 Å². The van der Waals surface area contributed by atoms with Crippen molar-refractivity contribution in [2.24, 2.45) is 16.8 Å². The molecule has 0 aromatic heterocycles. The highest BCUT2D eigenvalue weighted by atomic mass is 127. The lowest BCUT2D eigenvalue weighted by Crippen LogP contribution is -2.44. The first-order chi connectivity index (χ1) is 12.4. The van der Waals surface area contributed by atoms with Crippen LogP contribution in [0.25, 0.3) is 0 Å². The van der Waals surface area contributed by atoms with E-state index in [4.69, 9.17) is 0 Å². The van der Waals surface area contributed by atoms with Crippen molar-refractivity contribution < 1.29 is 8.42 Å². The van der Waals surface area contributed by atoms with Crippen LogP contribution < -0.4 is 10.6 Å². The first-order valence-electron chi connectivity index (χ1n) is 9.50. The smallest absolute Gasteiger partial charge is 0.243 e. The Morgan fingerprint density at radius 3 is 2.37 bits per heavy atom. The topological polar surface area (TPSA) is 73.8 Å². The molecule has 154 valence electrons. The van der Waals surface area contributed by atoms with Crippen molar-refractivity contribution in [3.8, 4) is 0 Å². The monoisotopic (exact) mass is 508 g/mol. The highest BCUT2D eigenvalue weighted by Gasteiger charge is 2.29. The Hall–Kier alpha value is -0.870. The summed E-state index contributed by atoms with van der Waals surface area (Å²) in [5, 5.41) is 6.67. The van der Waals surface area contributed by atoms with Crippen molar-refractivity contribution in [3.05, 3.63) is 30.3 Å². The van der Waals surface area contributed by atoms with Gasteiger partial charge >= 0.3 is 0 Å². The van der Waals surface area contributed by atoms with Gasteiger partial charge in [0.1, 0.15) is 0 Å². The second kappa shape index (κ2) is 11.9. The van der Waals surface area contributed by atoms with Gasteiger partial charge in [-0.3, -0.25) is 4.99 Å². The van der Waals surface area contributed by atoms with E-state index in [0.717, 1.165) is 38.4 Å². The van der Waals surface area contributed by atoms with Gasteiger partial charge in [-0.1, -0.05) is 32.0 Å². The molecule has 1 aromatic carbocycles. The first kappa shape index (κ1) is 24.2. The Balaban J connectivity index is 0.00000364. The number of nitrogens with one attached hydrogen (secondary N) is 2. The third-order valence-electron chi connectivity index (χ3n) is 4.47. The summed E-state index contributed by atoms with van der Waals surface area (Å²) < 4.78 is 27.0. The van der Waals surface area contributed by atoms with E-state index in [9.17, 15) is 8.42 Å². The molecular formula is C19H33IN4O2S. The minimum absolute atomic E-state index is 0. The standard InChI is InChI=1S/C19H32N4O2S.HI/c1-4-20-19(21-14-16(2)3)22-15-17-10-12-23(13-11-17)26(24,25)18-8-6-5-7-9-18;/h5-9,16-17H,4,10-15H2,1-3H3,(H2,20,21,22);1H. The van der Waals surface area contributed by atoms with Crippen molar-refractivity contribution in [3.63, 3.8) is 0 Å². The maximum absolute atomic E-state index is 12.7. The van der Waals surface area contributed by atoms with E-state index in [1.807, 2.05) is 6.07 Å². The van der Waals surface area contributed by atoms with Crippen LogP contribution in [0.5, 0.6) is 0 Å². The van der Waals surface area contributed by atoms with E-state index < -0.39 is 10.0 Å². The Kier molecular flexibility index (Phi) is 10.6. The number of nitrogens with zero attached hydrogens (tertiary/aromatic N) is 2. The molecule has 1 heterocycles. The molecule has 0 aliphatic carbocycles. The van der Waals surface area contributed by atoms with Crippen molar-refractivity contribution in [2.45, 2.75) is 38.5 Å². The van der Waals surface area contributed by atoms with Crippen LogP contribution in [0.2, 0.25) is 0 Å². The van der Waals surface area contributed by atoms with Crippen LogP contribution in [0.15, 0.2) is 40.2 Å². The average molecular weight is 508 g/mol. The molecule has 6 nitrogen and oxygen atoms in total. The second-order valence-electron chi connectivity index (χ2n) is 7.15. The molecule has 0 radical (unpaired) electrons. The predicted octanol–water partition coefficient (Wildman–Crippen LogP) is 2.92. The zero-order valence-corrected chi connectivity index (χ0v) is 19.7. The van der Waals surface area contributed by atoms with Gasteiger partial charge in [-0.15, -0.1) is 24.0 Å². The van der Waals surface area contributed by atoms with Gasteiger partial charge in [-0.05, 0) is 43.7 Å². The lowest BCUT2D eigenvalue weighted by molar-refractivity contribution is 0.273. The SMILES string of the molecule is CCNC(=NCC(C)C)NCC1CCN(S(=O)(=O)c2ccccc2)CC1.I. The molecule has 0 bridgehead atoms. The summed E-state index contributed by atoms with van der Waals surface area (Å²) >= 11 is 0. The van der Waals surface area contributed by atoms with Crippen molar-refractivity contribution in [1.82, 2.24) is 14.9 Å². The summed E-state index contributed by atoms with van der Waals surface area (Å²) in [4.78, 5) is 4.96. The Labute approximate surface area is 181 Å². The number of halogens is 1. The molecule has 1 fully saturated rings. The lowest BCUT2D eigenvalue weighted by atomic mass is 9.98. The molecule has 27 heavy (non-hydrogen) atoms. The zero-order valence-electron chi connectivity index (χ0n) is 16.5. The van der Waals surface area contributed by atoms with Gasteiger partial charge in [-0.25, -0.2) is 8.42 Å². The molecule has 2 N–H and O–H groups in total. The van der Waals surface area contributed by atoms with Gasteiger partial charge in [0, 0.05) is 32.7 Å². The fourth-order valence-electron chi connectivity index (χ4n) is 2.95. The van der Waals surface area contributed by atoms with E-state index >= 15 is 0 Å². The maximum atomic E-state index is 12.7. The van der Waals surface area contributed by atoms with E-state index in [2.05, 4.69) is 36.4 Å². The van der Waals surface area contributed by atoms with Crippen LogP contribution in [0.1, 0.15) is 33.6 Å². The number of piperidine rings is 1. The molecule has 0 unspecified atom stereocenters. The molecular weight excluding hydrogens is 475 g/mol. The minimum Gasteiger partial charge on any atom is -0.357 e. The van der Waals surface area contributed by atoms with Crippen LogP contribution in [0, 0.1) is 11.8 Å². The molecule has 1 aliphatic heterocycles. The van der Waals surface area contributed by atoms with E-state index in [1.165, 1.54) is 0 Å². The predicted molar refractivity (Wildman–Crippen MR) is 122 cm³/mol. The van der Waals surface area contributed by atoms with Gasteiger partial charge in [0.15, 0.2) is 5.96 Å². The number of guanidine groups is 1. The van der Waals surface area contributed by atoms with Gasteiger partial charge < -0.3 is 10.6 Å². The third kappa shape index (κ3) is 7.57. The first-order valence-corrected chi connectivity index (χ1v) is 10.9. The molecule has 0 spiro atoms. The maximum Gasteiger partial charge on any atom is 0.243 e. The van der Waals surface area contributed by atoms with Gasteiger partial charge in [0.25, 0.3) is 0 Å². The lowest BCUT2D eigenvalue weighted by Gasteiger charge is -2.31.